The third-order valence-corrected chi connectivity index (χ3v) is 2.93. The first-order valence-electron chi connectivity index (χ1n) is 4.92. The third-order valence-electron chi connectivity index (χ3n) is 2.93. The van der Waals surface area contributed by atoms with Gasteiger partial charge in [0.2, 0.25) is 0 Å². The van der Waals surface area contributed by atoms with Gasteiger partial charge in [0.1, 0.15) is 5.82 Å². The number of carbonyl (C=O) groups excluding carboxylic acids is 1. The first-order valence-corrected chi connectivity index (χ1v) is 4.92. The van der Waals surface area contributed by atoms with Crippen molar-refractivity contribution in [1.82, 2.24) is 0 Å². The number of halogens is 1. The van der Waals surface area contributed by atoms with Gasteiger partial charge >= 0.3 is 0 Å². The minimum Gasteiger partial charge on any atom is -0.294 e. The van der Waals surface area contributed by atoms with Crippen LogP contribution in [0.1, 0.15) is 42.1 Å². The predicted octanol–water partition coefficient (Wildman–Crippen LogP) is 3.15. The summed E-state index contributed by atoms with van der Waals surface area (Å²) in [6, 6.07) is 4.55. The zero-order valence-electron chi connectivity index (χ0n) is 8.38. The van der Waals surface area contributed by atoms with E-state index in [9.17, 15) is 9.18 Å². The molecule has 0 fully saturated rings. The molecule has 2 heteroatoms. The Labute approximate surface area is 82.9 Å². The molecular formula is C12H13FO. The highest BCUT2D eigenvalue weighted by Crippen LogP contribution is 2.38. The van der Waals surface area contributed by atoms with E-state index < -0.39 is 0 Å². The molecule has 1 unspecified atom stereocenters. The quantitative estimate of drug-likeness (QED) is 0.668. The van der Waals surface area contributed by atoms with E-state index in [0.29, 0.717) is 17.9 Å². The molecule has 0 heterocycles. The van der Waals surface area contributed by atoms with Crippen LogP contribution in [0.3, 0.4) is 0 Å². The van der Waals surface area contributed by atoms with Gasteiger partial charge in [-0.3, -0.25) is 4.79 Å². The lowest BCUT2D eigenvalue weighted by Gasteiger charge is -2.14. The van der Waals surface area contributed by atoms with E-state index in [1.807, 2.05) is 0 Å². The number of carbonyl (C=O) groups is 1. The van der Waals surface area contributed by atoms with Crippen LogP contribution in [0, 0.1) is 11.7 Å². The van der Waals surface area contributed by atoms with Gasteiger partial charge in [0.25, 0.3) is 0 Å². The average molecular weight is 192 g/mol. The summed E-state index contributed by atoms with van der Waals surface area (Å²) < 4.78 is 12.9. The maximum Gasteiger partial charge on any atom is 0.163 e. The highest BCUT2D eigenvalue weighted by atomic mass is 19.1. The molecule has 2 rings (SSSR count). The number of ketones is 1. The molecule has 0 aromatic heterocycles. The number of hydrogen-bond acceptors (Lipinski definition) is 1. The summed E-state index contributed by atoms with van der Waals surface area (Å²) in [7, 11) is 0. The van der Waals surface area contributed by atoms with E-state index in [-0.39, 0.29) is 17.5 Å². The zero-order chi connectivity index (χ0) is 10.3. The van der Waals surface area contributed by atoms with Crippen LogP contribution in [0.5, 0.6) is 0 Å². The van der Waals surface area contributed by atoms with Crippen molar-refractivity contribution in [2.45, 2.75) is 26.2 Å². The molecule has 0 saturated heterocycles. The minimum absolute atomic E-state index is 0.0817. The molecular weight excluding hydrogens is 179 g/mol. The molecule has 0 N–H and O–H groups in total. The Balaban J connectivity index is 2.50. The first-order chi connectivity index (χ1) is 6.59. The summed E-state index contributed by atoms with van der Waals surface area (Å²) in [5, 5.41) is 0. The lowest BCUT2D eigenvalue weighted by Crippen LogP contribution is -2.02. The van der Waals surface area contributed by atoms with Crippen molar-refractivity contribution >= 4 is 5.78 Å². The number of rotatable bonds is 1. The van der Waals surface area contributed by atoms with E-state index in [2.05, 4.69) is 13.8 Å². The van der Waals surface area contributed by atoms with Gasteiger partial charge < -0.3 is 0 Å². The Kier molecular flexibility index (Phi) is 2.14. The highest BCUT2D eigenvalue weighted by molar-refractivity contribution is 6.01. The molecule has 0 radical (unpaired) electrons. The average Bonchev–Trinajstić information content (AvgIpc) is 2.44. The second-order valence-corrected chi connectivity index (χ2v) is 4.21. The fraction of sp³-hybridized carbons (Fsp3) is 0.417. The van der Waals surface area contributed by atoms with Crippen molar-refractivity contribution in [1.29, 1.82) is 0 Å². The number of fused-ring (bicyclic) bond motifs is 1. The fourth-order valence-electron chi connectivity index (χ4n) is 2.11. The van der Waals surface area contributed by atoms with Gasteiger partial charge in [0.15, 0.2) is 5.78 Å². The molecule has 14 heavy (non-hydrogen) atoms. The maximum atomic E-state index is 12.9. The zero-order valence-corrected chi connectivity index (χ0v) is 8.38. The van der Waals surface area contributed by atoms with Gasteiger partial charge in [0, 0.05) is 12.0 Å². The predicted molar refractivity (Wildman–Crippen MR) is 52.9 cm³/mol. The lowest BCUT2D eigenvalue weighted by molar-refractivity contribution is 0.0984. The number of hydrogen-bond donors (Lipinski definition) is 0. The van der Waals surface area contributed by atoms with Gasteiger partial charge in [-0.25, -0.2) is 4.39 Å². The SMILES string of the molecule is CC(C)C1CC(=O)c2cc(F)ccc21. The number of Topliss-reactive ketones (excluding diaryl/α,β-unsaturated/α-hetero) is 1. The van der Waals surface area contributed by atoms with Gasteiger partial charge in [-0.15, -0.1) is 0 Å². The summed E-state index contributed by atoms with van der Waals surface area (Å²) in [5.41, 5.74) is 1.61. The van der Waals surface area contributed by atoms with Crippen LogP contribution in [0.2, 0.25) is 0 Å². The van der Waals surface area contributed by atoms with Crippen molar-refractivity contribution in [2.75, 3.05) is 0 Å². The second kappa shape index (κ2) is 3.19. The van der Waals surface area contributed by atoms with Crippen molar-refractivity contribution in [2.24, 2.45) is 5.92 Å². The summed E-state index contributed by atoms with van der Waals surface area (Å²) >= 11 is 0. The summed E-state index contributed by atoms with van der Waals surface area (Å²) in [6.45, 7) is 4.19. The standard InChI is InChI=1S/C12H13FO/c1-7(2)10-6-12(14)11-5-8(13)3-4-9(10)11/h3-5,7,10H,6H2,1-2H3. The molecule has 74 valence electrons. The molecule has 1 aliphatic carbocycles. The van der Waals surface area contributed by atoms with E-state index >= 15 is 0 Å². The molecule has 0 bridgehead atoms. The Morgan fingerprint density at radius 2 is 2.14 bits per heavy atom. The second-order valence-electron chi connectivity index (χ2n) is 4.21. The van der Waals surface area contributed by atoms with Crippen LogP contribution in [0.25, 0.3) is 0 Å². The Bertz CT molecular complexity index is 382. The number of benzene rings is 1. The first kappa shape index (κ1) is 9.38. The maximum absolute atomic E-state index is 12.9. The van der Waals surface area contributed by atoms with E-state index in [0.717, 1.165) is 5.56 Å². The van der Waals surface area contributed by atoms with Gasteiger partial charge in [0.05, 0.1) is 0 Å². The lowest BCUT2D eigenvalue weighted by atomic mass is 9.90. The molecule has 0 saturated carbocycles. The Morgan fingerprint density at radius 3 is 2.79 bits per heavy atom. The van der Waals surface area contributed by atoms with Crippen LogP contribution < -0.4 is 0 Å². The molecule has 0 amide bonds. The highest BCUT2D eigenvalue weighted by Gasteiger charge is 2.31. The Morgan fingerprint density at radius 1 is 1.43 bits per heavy atom. The molecule has 1 atom stereocenters. The van der Waals surface area contributed by atoms with Gasteiger partial charge in [-0.1, -0.05) is 19.9 Å². The van der Waals surface area contributed by atoms with E-state index in [4.69, 9.17) is 0 Å². The molecule has 1 aliphatic rings. The van der Waals surface area contributed by atoms with Crippen LogP contribution in [0.15, 0.2) is 18.2 Å². The van der Waals surface area contributed by atoms with Crippen LogP contribution in [0.4, 0.5) is 4.39 Å². The van der Waals surface area contributed by atoms with E-state index in [1.54, 1.807) is 6.07 Å². The topological polar surface area (TPSA) is 17.1 Å². The normalized spacial score (nSPS) is 20.3. The molecule has 0 spiro atoms. The van der Waals surface area contributed by atoms with Crippen molar-refractivity contribution in [3.05, 3.63) is 35.1 Å². The van der Waals surface area contributed by atoms with Crippen molar-refractivity contribution in [3.63, 3.8) is 0 Å². The smallest absolute Gasteiger partial charge is 0.163 e. The van der Waals surface area contributed by atoms with Gasteiger partial charge in [-0.2, -0.15) is 0 Å². The monoisotopic (exact) mass is 192 g/mol. The van der Waals surface area contributed by atoms with Crippen LogP contribution in [-0.2, 0) is 0 Å². The van der Waals surface area contributed by atoms with Crippen LogP contribution in [-0.4, -0.2) is 5.78 Å². The van der Waals surface area contributed by atoms with Crippen molar-refractivity contribution < 1.29 is 9.18 Å². The van der Waals surface area contributed by atoms with E-state index in [1.165, 1.54) is 12.1 Å². The fourth-order valence-corrected chi connectivity index (χ4v) is 2.11. The summed E-state index contributed by atoms with van der Waals surface area (Å²) in [5.74, 6) is 0.475. The third kappa shape index (κ3) is 1.35. The van der Waals surface area contributed by atoms with Crippen LogP contribution >= 0.6 is 0 Å². The van der Waals surface area contributed by atoms with Crippen molar-refractivity contribution in [3.8, 4) is 0 Å². The Hall–Kier alpha value is -1.18. The molecule has 1 nitrogen and oxygen atoms in total. The molecule has 0 aliphatic heterocycles. The molecule has 1 aromatic carbocycles. The molecule has 1 aromatic rings. The summed E-state index contributed by atoms with van der Waals surface area (Å²) in [6.07, 6.45) is 0.538. The summed E-state index contributed by atoms with van der Waals surface area (Å²) in [4.78, 5) is 11.6. The largest absolute Gasteiger partial charge is 0.294 e. The van der Waals surface area contributed by atoms with Gasteiger partial charge in [-0.05, 0) is 29.5 Å². The minimum atomic E-state index is -0.318.